The van der Waals surface area contributed by atoms with Crippen LogP contribution >= 0.6 is 0 Å². The van der Waals surface area contributed by atoms with E-state index < -0.39 is 10.8 Å². The van der Waals surface area contributed by atoms with Gasteiger partial charge in [-0.05, 0) is 37.3 Å². The number of urea groups is 1. The quantitative estimate of drug-likeness (QED) is 0.659. The summed E-state index contributed by atoms with van der Waals surface area (Å²) in [6.45, 7) is 2.74. The Morgan fingerprint density at radius 1 is 1.24 bits per heavy atom. The molecule has 0 atom stereocenters. The molecule has 3 rings (SSSR count). The zero-order valence-corrected chi connectivity index (χ0v) is 13.5. The van der Waals surface area contributed by atoms with E-state index in [1.54, 1.807) is 42.2 Å². The average Bonchev–Trinajstić information content (AvgIpc) is 3.01. The Morgan fingerprint density at radius 3 is 2.56 bits per heavy atom. The summed E-state index contributed by atoms with van der Waals surface area (Å²) in [7, 11) is 0. The number of rotatable bonds is 4. The molecule has 1 heterocycles. The molecule has 2 N–H and O–H groups in total. The molecule has 1 aliphatic heterocycles. The number of benzene rings is 2. The van der Waals surface area contributed by atoms with Crippen LogP contribution in [0.15, 0.2) is 42.5 Å². The largest absolute Gasteiger partial charge is 0.336 e. The number of anilines is 2. The number of carbonyl (C=O) groups is 2. The van der Waals surface area contributed by atoms with Crippen molar-refractivity contribution in [3.8, 4) is 0 Å². The van der Waals surface area contributed by atoms with Crippen molar-refractivity contribution in [2.24, 2.45) is 0 Å². The van der Waals surface area contributed by atoms with E-state index in [4.69, 9.17) is 0 Å². The minimum absolute atomic E-state index is 0.0944. The summed E-state index contributed by atoms with van der Waals surface area (Å²) in [6.07, 6.45) is 0. The van der Waals surface area contributed by atoms with Crippen molar-refractivity contribution in [3.05, 3.63) is 63.7 Å². The van der Waals surface area contributed by atoms with Gasteiger partial charge in [-0.3, -0.25) is 19.8 Å². The lowest BCUT2D eigenvalue weighted by Gasteiger charge is -2.15. The highest BCUT2D eigenvalue weighted by Crippen LogP contribution is 2.23. The molecule has 8 nitrogen and oxygen atoms in total. The minimum Gasteiger partial charge on any atom is -0.336 e. The molecule has 0 aromatic heterocycles. The Morgan fingerprint density at radius 2 is 1.96 bits per heavy atom. The lowest BCUT2D eigenvalue weighted by molar-refractivity contribution is -0.385. The third kappa shape index (κ3) is 3.27. The van der Waals surface area contributed by atoms with Crippen LogP contribution in [0.5, 0.6) is 0 Å². The van der Waals surface area contributed by atoms with Gasteiger partial charge in [-0.25, -0.2) is 4.79 Å². The fourth-order valence-corrected chi connectivity index (χ4v) is 2.71. The van der Waals surface area contributed by atoms with Gasteiger partial charge in [0.2, 0.25) is 0 Å². The van der Waals surface area contributed by atoms with Gasteiger partial charge in [-0.1, -0.05) is 6.07 Å². The van der Waals surface area contributed by atoms with Crippen molar-refractivity contribution in [2.45, 2.75) is 6.92 Å². The van der Waals surface area contributed by atoms with Gasteiger partial charge in [0.25, 0.3) is 11.6 Å². The smallest absolute Gasteiger partial charge is 0.321 e. The van der Waals surface area contributed by atoms with E-state index in [0.717, 1.165) is 5.69 Å². The highest BCUT2D eigenvalue weighted by Gasteiger charge is 2.21. The van der Waals surface area contributed by atoms with E-state index in [-0.39, 0.29) is 17.3 Å². The summed E-state index contributed by atoms with van der Waals surface area (Å²) in [5.74, 6) is -0.423. The van der Waals surface area contributed by atoms with Crippen LogP contribution in [0, 0.1) is 17.0 Å². The third-order valence-corrected chi connectivity index (χ3v) is 4.04. The Balaban J connectivity index is 1.76. The molecule has 0 radical (unpaired) electrons. The van der Waals surface area contributed by atoms with Gasteiger partial charge in [0.05, 0.1) is 4.92 Å². The summed E-state index contributed by atoms with van der Waals surface area (Å²) in [5, 5.41) is 16.4. The van der Waals surface area contributed by atoms with Gasteiger partial charge in [0.1, 0.15) is 0 Å². The van der Waals surface area contributed by atoms with Crippen molar-refractivity contribution in [1.82, 2.24) is 5.32 Å². The number of hydrogen-bond acceptors (Lipinski definition) is 4. The Hall–Kier alpha value is -3.42. The second-order valence-electron chi connectivity index (χ2n) is 5.59. The molecular weight excluding hydrogens is 324 g/mol. The Bertz CT molecular complexity index is 848. The van der Waals surface area contributed by atoms with Gasteiger partial charge >= 0.3 is 6.03 Å². The molecular formula is C17H16N4O4. The lowest BCUT2D eigenvalue weighted by atomic mass is 10.1. The zero-order chi connectivity index (χ0) is 18.0. The van der Waals surface area contributed by atoms with Crippen molar-refractivity contribution < 1.29 is 14.5 Å². The third-order valence-electron chi connectivity index (χ3n) is 4.04. The molecule has 25 heavy (non-hydrogen) atoms. The summed E-state index contributed by atoms with van der Waals surface area (Å²) in [6, 6.07) is 11.1. The first-order valence-corrected chi connectivity index (χ1v) is 7.68. The summed E-state index contributed by atoms with van der Waals surface area (Å²) < 4.78 is 0. The van der Waals surface area contributed by atoms with Crippen molar-refractivity contribution in [3.63, 3.8) is 0 Å². The van der Waals surface area contributed by atoms with Gasteiger partial charge in [-0.2, -0.15) is 0 Å². The maximum Gasteiger partial charge on any atom is 0.321 e. The molecule has 0 bridgehead atoms. The van der Waals surface area contributed by atoms with Crippen LogP contribution in [0.2, 0.25) is 0 Å². The van der Waals surface area contributed by atoms with E-state index in [9.17, 15) is 19.7 Å². The van der Waals surface area contributed by atoms with Gasteiger partial charge in [0, 0.05) is 41.7 Å². The molecule has 0 saturated carbocycles. The van der Waals surface area contributed by atoms with Crippen LogP contribution in [-0.2, 0) is 0 Å². The molecule has 2 aromatic carbocycles. The lowest BCUT2D eigenvalue weighted by Crippen LogP contribution is -2.27. The van der Waals surface area contributed by atoms with Crippen LogP contribution in [0.25, 0.3) is 0 Å². The Kier molecular flexibility index (Phi) is 4.34. The second-order valence-corrected chi connectivity index (χ2v) is 5.59. The predicted molar refractivity (Wildman–Crippen MR) is 93.0 cm³/mol. The number of nitrogens with zero attached hydrogens (tertiary/aromatic N) is 2. The first-order valence-electron chi connectivity index (χ1n) is 7.68. The molecule has 1 aliphatic rings. The van der Waals surface area contributed by atoms with E-state index in [1.807, 2.05) is 0 Å². The first-order chi connectivity index (χ1) is 12.0. The number of nitro benzene ring substituents is 1. The van der Waals surface area contributed by atoms with Crippen LogP contribution in [0.4, 0.5) is 21.9 Å². The molecule has 0 unspecified atom stereocenters. The Labute approximate surface area is 143 Å². The van der Waals surface area contributed by atoms with Crippen molar-refractivity contribution >= 4 is 29.0 Å². The number of amides is 3. The van der Waals surface area contributed by atoms with Crippen molar-refractivity contribution in [1.29, 1.82) is 0 Å². The van der Waals surface area contributed by atoms with E-state index in [1.165, 1.54) is 12.1 Å². The monoisotopic (exact) mass is 340 g/mol. The molecule has 0 aliphatic carbocycles. The maximum absolute atomic E-state index is 12.4. The van der Waals surface area contributed by atoms with E-state index in [0.29, 0.717) is 24.3 Å². The van der Waals surface area contributed by atoms with E-state index in [2.05, 4.69) is 10.6 Å². The highest BCUT2D eigenvalue weighted by molar-refractivity contribution is 6.06. The minimum atomic E-state index is -0.512. The molecule has 128 valence electrons. The fraction of sp³-hybridized carbons (Fsp3) is 0.176. The predicted octanol–water partition coefficient (Wildman–Crippen LogP) is 2.69. The average molecular weight is 340 g/mol. The SMILES string of the molecule is Cc1c(C(=O)Nc2ccc(N3CCNC3=O)cc2)cccc1[N+](=O)[O-]. The zero-order valence-electron chi connectivity index (χ0n) is 13.5. The number of carbonyl (C=O) groups excluding carboxylic acids is 2. The molecule has 2 aromatic rings. The first kappa shape index (κ1) is 16.4. The van der Waals surface area contributed by atoms with Crippen LogP contribution < -0.4 is 15.5 Å². The summed E-state index contributed by atoms with van der Waals surface area (Å²) >= 11 is 0. The van der Waals surface area contributed by atoms with Gasteiger partial charge in [-0.15, -0.1) is 0 Å². The fourth-order valence-electron chi connectivity index (χ4n) is 2.71. The number of hydrogen-bond donors (Lipinski definition) is 2. The van der Waals surface area contributed by atoms with Crippen LogP contribution in [0.3, 0.4) is 0 Å². The molecule has 1 saturated heterocycles. The maximum atomic E-state index is 12.4. The van der Waals surface area contributed by atoms with Crippen LogP contribution in [-0.4, -0.2) is 30.0 Å². The standard InChI is InChI=1S/C17H16N4O4/c1-11-14(3-2-4-15(11)21(24)25)16(22)19-12-5-7-13(8-6-12)20-10-9-18-17(20)23/h2-8H,9-10H2,1H3,(H,18,23)(H,19,22). The van der Waals surface area contributed by atoms with Crippen molar-refractivity contribution in [2.75, 3.05) is 23.3 Å². The summed E-state index contributed by atoms with van der Waals surface area (Å²) in [4.78, 5) is 36.1. The summed E-state index contributed by atoms with van der Waals surface area (Å²) in [5.41, 5.74) is 1.74. The molecule has 0 spiro atoms. The normalized spacial score (nSPS) is 13.5. The van der Waals surface area contributed by atoms with Gasteiger partial charge in [0.15, 0.2) is 0 Å². The molecule has 1 fully saturated rings. The number of nitro groups is 1. The molecule has 8 heteroatoms. The molecule has 3 amide bonds. The van der Waals surface area contributed by atoms with Gasteiger partial charge < -0.3 is 10.6 Å². The highest BCUT2D eigenvalue weighted by atomic mass is 16.6. The van der Waals surface area contributed by atoms with Crippen LogP contribution in [0.1, 0.15) is 15.9 Å². The second kappa shape index (κ2) is 6.60. The number of nitrogens with one attached hydrogen (secondary N) is 2. The van der Waals surface area contributed by atoms with E-state index >= 15 is 0 Å². The topological polar surface area (TPSA) is 105 Å².